The Labute approximate surface area is 204 Å². The maximum atomic E-state index is 13.5. The molecule has 0 bridgehead atoms. The van der Waals surface area contributed by atoms with Crippen LogP contribution in [-0.2, 0) is 16.1 Å². The summed E-state index contributed by atoms with van der Waals surface area (Å²) in [5, 5.41) is 0.458. The highest BCUT2D eigenvalue weighted by Gasteiger charge is 2.18. The molecule has 1 aromatic heterocycles. The van der Waals surface area contributed by atoms with Crippen molar-refractivity contribution in [2.45, 2.75) is 13.5 Å². The zero-order chi connectivity index (χ0) is 24.5. The number of benzene rings is 3. The van der Waals surface area contributed by atoms with Gasteiger partial charge in [0.15, 0.2) is 0 Å². The fourth-order valence-electron chi connectivity index (χ4n) is 3.77. The van der Waals surface area contributed by atoms with Crippen LogP contribution in [0, 0.1) is 0 Å². The van der Waals surface area contributed by atoms with Crippen molar-refractivity contribution in [2.24, 2.45) is 0 Å². The van der Waals surface area contributed by atoms with E-state index in [9.17, 15) is 9.59 Å². The van der Waals surface area contributed by atoms with Crippen LogP contribution in [-0.4, -0.2) is 19.1 Å². The van der Waals surface area contributed by atoms with Gasteiger partial charge in [0.2, 0.25) is 11.3 Å². The lowest BCUT2D eigenvalue weighted by Gasteiger charge is -2.24. The quantitative estimate of drug-likeness (QED) is 0.221. The third-order valence-corrected chi connectivity index (χ3v) is 5.43. The van der Waals surface area contributed by atoms with Gasteiger partial charge in [0, 0.05) is 19.2 Å². The molecule has 0 spiro atoms. The van der Waals surface area contributed by atoms with Crippen LogP contribution >= 0.6 is 0 Å². The molecule has 0 aliphatic rings. The molecule has 176 valence electrons. The van der Waals surface area contributed by atoms with Crippen LogP contribution in [0.3, 0.4) is 0 Å². The van der Waals surface area contributed by atoms with Crippen molar-refractivity contribution in [3.8, 4) is 0 Å². The van der Waals surface area contributed by atoms with Gasteiger partial charge >= 0.3 is 5.97 Å². The molecule has 4 rings (SSSR count). The highest BCUT2D eigenvalue weighted by atomic mass is 16.5. The Hall–Kier alpha value is -4.38. The zero-order valence-electron chi connectivity index (χ0n) is 19.6. The maximum Gasteiger partial charge on any atom is 0.330 e. The average Bonchev–Trinajstić information content (AvgIpc) is 2.89. The topological polar surface area (TPSA) is 59.8 Å². The molecule has 0 saturated heterocycles. The molecule has 3 aromatic carbocycles. The van der Waals surface area contributed by atoms with Crippen LogP contribution in [0.5, 0.6) is 0 Å². The van der Waals surface area contributed by atoms with E-state index in [0.29, 0.717) is 35.5 Å². The van der Waals surface area contributed by atoms with Gasteiger partial charge < -0.3 is 14.1 Å². The Morgan fingerprint density at radius 1 is 0.914 bits per heavy atom. The standard InChI is InChI=1S/C30H27NO4/c1-2-34-28(32)20-19-26-29(33)25-17-9-10-18-27(25)35-30(26)31(22-24-14-7-4-8-15-24)21-11-16-23-12-5-3-6-13-23/h3-20H,2,21-22H2,1H3/b16-11+,20-19+. The van der Waals surface area contributed by atoms with E-state index in [1.807, 2.05) is 83.8 Å². The summed E-state index contributed by atoms with van der Waals surface area (Å²) in [6.07, 6.45) is 6.83. The van der Waals surface area contributed by atoms with Gasteiger partial charge in [-0.05, 0) is 36.3 Å². The minimum Gasteiger partial charge on any atom is -0.463 e. The Kier molecular flexibility index (Phi) is 7.92. The minimum atomic E-state index is -0.510. The normalized spacial score (nSPS) is 11.3. The lowest BCUT2D eigenvalue weighted by Crippen LogP contribution is -2.26. The SMILES string of the molecule is CCOC(=O)/C=C/c1c(N(C/C=C/c2ccccc2)Cc2ccccc2)oc2ccccc2c1=O. The number of nitrogens with zero attached hydrogens (tertiary/aromatic N) is 1. The number of fused-ring (bicyclic) bond motifs is 1. The van der Waals surface area contributed by atoms with Gasteiger partial charge in [0.25, 0.3) is 0 Å². The molecule has 0 radical (unpaired) electrons. The van der Waals surface area contributed by atoms with Crippen LogP contribution in [0.2, 0.25) is 0 Å². The van der Waals surface area contributed by atoms with Crippen LogP contribution in [0.4, 0.5) is 5.88 Å². The number of carbonyl (C=O) groups excluding carboxylic acids is 1. The molecular formula is C30H27NO4. The molecule has 0 atom stereocenters. The molecule has 0 amide bonds. The Morgan fingerprint density at radius 2 is 1.60 bits per heavy atom. The van der Waals surface area contributed by atoms with E-state index in [2.05, 4.69) is 0 Å². The predicted octanol–water partition coefficient (Wildman–Crippen LogP) is 6.09. The second-order valence-corrected chi connectivity index (χ2v) is 7.91. The molecule has 0 aliphatic carbocycles. The summed E-state index contributed by atoms with van der Waals surface area (Å²) in [6, 6.07) is 27.1. The van der Waals surface area contributed by atoms with Gasteiger partial charge in [-0.1, -0.05) is 84.9 Å². The van der Waals surface area contributed by atoms with E-state index in [-0.39, 0.29) is 12.0 Å². The molecule has 0 unspecified atom stereocenters. The summed E-state index contributed by atoms with van der Waals surface area (Å²) in [7, 11) is 0. The first-order valence-corrected chi connectivity index (χ1v) is 11.6. The largest absolute Gasteiger partial charge is 0.463 e. The van der Waals surface area contributed by atoms with Crippen molar-refractivity contribution in [3.05, 3.63) is 124 Å². The van der Waals surface area contributed by atoms with Crippen LogP contribution in [0.15, 0.2) is 106 Å². The van der Waals surface area contributed by atoms with Crippen molar-refractivity contribution in [1.82, 2.24) is 0 Å². The molecule has 1 heterocycles. The van der Waals surface area contributed by atoms with Gasteiger partial charge in [-0.3, -0.25) is 4.79 Å². The number of para-hydroxylation sites is 1. The van der Waals surface area contributed by atoms with E-state index >= 15 is 0 Å². The Morgan fingerprint density at radius 3 is 2.34 bits per heavy atom. The smallest absolute Gasteiger partial charge is 0.330 e. The number of anilines is 1. The lowest BCUT2D eigenvalue weighted by molar-refractivity contribution is -0.137. The second kappa shape index (κ2) is 11.7. The molecule has 0 saturated carbocycles. The van der Waals surface area contributed by atoms with Gasteiger partial charge in [-0.2, -0.15) is 0 Å². The van der Waals surface area contributed by atoms with Crippen LogP contribution in [0.25, 0.3) is 23.1 Å². The van der Waals surface area contributed by atoms with Crippen molar-refractivity contribution < 1.29 is 13.9 Å². The second-order valence-electron chi connectivity index (χ2n) is 7.91. The number of hydrogen-bond donors (Lipinski definition) is 0. The summed E-state index contributed by atoms with van der Waals surface area (Å²) in [5.74, 6) is -0.111. The zero-order valence-corrected chi connectivity index (χ0v) is 19.6. The van der Waals surface area contributed by atoms with E-state index in [1.165, 1.54) is 12.2 Å². The number of rotatable bonds is 9. The first-order valence-electron chi connectivity index (χ1n) is 11.6. The van der Waals surface area contributed by atoms with Gasteiger partial charge in [0.1, 0.15) is 5.58 Å². The average molecular weight is 466 g/mol. The van der Waals surface area contributed by atoms with Gasteiger partial charge in [-0.15, -0.1) is 0 Å². The van der Waals surface area contributed by atoms with Gasteiger partial charge in [-0.25, -0.2) is 4.79 Å². The third-order valence-electron chi connectivity index (χ3n) is 5.43. The molecule has 0 aliphatic heterocycles. The number of ether oxygens (including phenoxy) is 1. The van der Waals surface area contributed by atoms with E-state index < -0.39 is 5.97 Å². The van der Waals surface area contributed by atoms with E-state index in [0.717, 1.165) is 11.1 Å². The van der Waals surface area contributed by atoms with E-state index in [4.69, 9.17) is 9.15 Å². The van der Waals surface area contributed by atoms with Crippen molar-refractivity contribution >= 4 is 35.0 Å². The summed E-state index contributed by atoms with van der Waals surface area (Å²) in [4.78, 5) is 27.5. The van der Waals surface area contributed by atoms with Crippen LogP contribution < -0.4 is 10.3 Å². The molecule has 5 nitrogen and oxygen atoms in total. The number of hydrogen-bond acceptors (Lipinski definition) is 5. The Balaban J connectivity index is 1.79. The van der Waals surface area contributed by atoms with Crippen LogP contribution in [0.1, 0.15) is 23.6 Å². The fraction of sp³-hybridized carbons (Fsp3) is 0.133. The number of esters is 1. The Bertz CT molecular complexity index is 1390. The highest BCUT2D eigenvalue weighted by Crippen LogP contribution is 2.26. The summed E-state index contributed by atoms with van der Waals surface area (Å²) < 4.78 is 11.3. The monoisotopic (exact) mass is 465 g/mol. The first kappa shape index (κ1) is 23.8. The number of carbonyl (C=O) groups is 1. The lowest BCUT2D eigenvalue weighted by atomic mass is 10.1. The summed E-state index contributed by atoms with van der Waals surface area (Å²) in [6.45, 7) is 3.00. The minimum absolute atomic E-state index is 0.201. The molecule has 35 heavy (non-hydrogen) atoms. The molecule has 0 N–H and O–H groups in total. The first-order chi connectivity index (χ1) is 17.2. The molecule has 5 heteroatoms. The molecule has 4 aromatic rings. The molecule has 0 fully saturated rings. The van der Waals surface area contributed by atoms with Crippen molar-refractivity contribution in [3.63, 3.8) is 0 Å². The fourth-order valence-corrected chi connectivity index (χ4v) is 3.77. The molecular weight excluding hydrogens is 438 g/mol. The van der Waals surface area contributed by atoms with Crippen molar-refractivity contribution in [1.29, 1.82) is 0 Å². The summed E-state index contributed by atoms with van der Waals surface area (Å²) in [5.41, 5.74) is 2.74. The highest BCUT2D eigenvalue weighted by molar-refractivity contribution is 5.90. The van der Waals surface area contributed by atoms with Gasteiger partial charge in [0.05, 0.1) is 17.6 Å². The summed E-state index contributed by atoms with van der Waals surface area (Å²) >= 11 is 0. The maximum absolute atomic E-state index is 13.5. The van der Waals surface area contributed by atoms with E-state index in [1.54, 1.807) is 25.1 Å². The van der Waals surface area contributed by atoms with Crippen molar-refractivity contribution in [2.75, 3.05) is 18.1 Å². The third kappa shape index (κ3) is 6.15. The predicted molar refractivity (Wildman–Crippen MR) is 141 cm³/mol.